The molecule has 0 spiro atoms. The molecule has 134 valence electrons. The van der Waals surface area contributed by atoms with Gasteiger partial charge in [-0.3, -0.25) is 14.4 Å². The number of nitrogens with zero attached hydrogens (tertiary/aromatic N) is 3. The van der Waals surface area contributed by atoms with E-state index in [2.05, 4.69) is 4.99 Å². The molecule has 26 heavy (non-hydrogen) atoms. The van der Waals surface area contributed by atoms with Gasteiger partial charge in [-0.25, -0.2) is 0 Å². The Bertz CT molecular complexity index is 984. The molecule has 0 saturated heterocycles. The van der Waals surface area contributed by atoms with Gasteiger partial charge in [0.1, 0.15) is 11.6 Å². The van der Waals surface area contributed by atoms with Crippen molar-refractivity contribution >= 4 is 11.9 Å². The van der Waals surface area contributed by atoms with E-state index < -0.39 is 5.56 Å². The fourth-order valence-corrected chi connectivity index (χ4v) is 2.76. The number of aromatic nitrogens is 1. The molecule has 0 bridgehead atoms. The number of fused-ring (bicyclic) bond motifs is 1. The Kier molecular flexibility index (Phi) is 4.67. The molecule has 3 rings (SSSR count). The Balaban J connectivity index is 2.07. The summed E-state index contributed by atoms with van der Waals surface area (Å²) >= 11 is 0. The minimum atomic E-state index is -0.489. The first-order valence-corrected chi connectivity index (χ1v) is 8.22. The maximum atomic E-state index is 12.4. The van der Waals surface area contributed by atoms with Crippen molar-refractivity contribution in [3.8, 4) is 23.4 Å². The second kappa shape index (κ2) is 6.92. The summed E-state index contributed by atoms with van der Waals surface area (Å²) in [6.45, 7) is 5.97. The van der Waals surface area contributed by atoms with Gasteiger partial charge in [0, 0.05) is 18.8 Å². The first kappa shape index (κ1) is 17.5. The molecule has 7 heteroatoms. The number of nitriles is 1. The summed E-state index contributed by atoms with van der Waals surface area (Å²) < 4.78 is 11.8. The lowest BCUT2D eigenvalue weighted by atomic mass is 10.1. The molecule has 7 nitrogen and oxygen atoms in total. The highest BCUT2D eigenvalue weighted by atomic mass is 16.7. The van der Waals surface area contributed by atoms with Gasteiger partial charge in [-0.15, -0.1) is 0 Å². The van der Waals surface area contributed by atoms with Crippen molar-refractivity contribution in [2.24, 2.45) is 10.9 Å². The van der Waals surface area contributed by atoms with Gasteiger partial charge in [0.15, 0.2) is 11.5 Å². The summed E-state index contributed by atoms with van der Waals surface area (Å²) in [5.74, 6) is 1.19. The zero-order valence-electron chi connectivity index (χ0n) is 14.8. The smallest absolute Gasteiger partial charge is 0.271 e. The van der Waals surface area contributed by atoms with E-state index >= 15 is 0 Å². The van der Waals surface area contributed by atoms with Crippen LogP contribution < -0.4 is 15.0 Å². The maximum absolute atomic E-state index is 12.4. The van der Waals surface area contributed by atoms with E-state index in [1.54, 1.807) is 25.1 Å². The number of hydrogen-bond acceptors (Lipinski definition) is 6. The predicted molar refractivity (Wildman–Crippen MR) is 96.5 cm³/mol. The minimum Gasteiger partial charge on any atom is -0.494 e. The molecule has 1 aliphatic heterocycles. The number of rotatable bonds is 4. The molecular weight excluding hydrogens is 334 g/mol. The highest BCUT2D eigenvalue weighted by molar-refractivity contribution is 5.87. The zero-order chi connectivity index (χ0) is 18.8. The van der Waals surface area contributed by atoms with Crippen molar-refractivity contribution in [2.45, 2.75) is 27.3 Å². The molecule has 0 radical (unpaired) electrons. The quantitative estimate of drug-likeness (QED) is 0.853. The number of ether oxygens (including phenoxy) is 2. The maximum Gasteiger partial charge on any atom is 0.271 e. The van der Waals surface area contributed by atoms with Gasteiger partial charge < -0.3 is 14.6 Å². The Labute approximate surface area is 150 Å². The van der Waals surface area contributed by atoms with E-state index in [4.69, 9.17) is 9.47 Å². The zero-order valence-corrected chi connectivity index (χ0v) is 14.8. The lowest BCUT2D eigenvalue weighted by molar-refractivity contribution is 0.174. The topological polar surface area (TPSA) is 96.8 Å². The van der Waals surface area contributed by atoms with E-state index in [1.165, 1.54) is 10.8 Å². The summed E-state index contributed by atoms with van der Waals surface area (Å²) in [6.07, 6.45) is 1.46. The molecule has 0 fully saturated rings. The number of hydrogen-bond donors (Lipinski definition) is 1. The van der Waals surface area contributed by atoms with Crippen molar-refractivity contribution in [1.29, 1.82) is 5.26 Å². The molecule has 1 N–H and O–H groups in total. The Morgan fingerprint density at radius 1 is 1.38 bits per heavy atom. The van der Waals surface area contributed by atoms with Gasteiger partial charge >= 0.3 is 0 Å². The molecule has 2 aromatic rings. The van der Waals surface area contributed by atoms with E-state index in [9.17, 15) is 15.2 Å². The van der Waals surface area contributed by atoms with Crippen LogP contribution in [0.4, 0.5) is 5.69 Å². The fraction of sp³-hybridized carbons (Fsp3) is 0.316. The van der Waals surface area contributed by atoms with Crippen molar-refractivity contribution in [2.75, 3.05) is 6.79 Å². The van der Waals surface area contributed by atoms with E-state index in [0.29, 0.717) is 34.9 Å². The lowest BCUT2D eigenvalue weighted by Gasteiger charge is -2.15. The summed E-state index contributed by atoms with van der Waals surface area (Å²) in [7, 11) is 0. The second-order valence-corrected chi connectivity index (χ2v) is 6.45. The molecule has 0 amide bonds. The van der Waals surface area contributed by atoms with Gasteiger partial charge in [-0.05, 0) is 30.5 Å². The third-order valence-electron chi connectivity index (χ3n) is 4.09. The van der Waals surface area contributed by atoms with Crippen molar-refractivity contribution in [1.82, 2.24) is 4.57 Å². The molecular formula is C19H19N3O4. The van der Waals surface area contributed by atoms with Crippen LogP contribution in [-0.2, 0) is 6.54 Å². The van der Waals surface area contributed by atoms with Crippen LogP contribution in [0.15, 0.2) is 28.0 Å². The number of aliphatic imine (C=N–C) groups is 1. The summed E-state index contributed by atoms with van der Waals surface area (Å²) in [6, 6.07) is 7.16. The average Bonchev–Trinajstić information content (AvgIpc) is 3.06. The van der Waals surface area contributed by atoms with Crippen LogP contribution in [0.1, 0.15) is 30.5 Å². The van der Waals surface area contributed by atoms with Crippen LogP contribution in [0.3, 0.4) is 0 Å². The Hall–Kier alpha value is -3.27. The van der Waals surface area contributed by atoms with Gasteiger partial charge in [-0.2, -0.15) is 5.26 Å². The predicted octanol–water partition coefficient (Wildman–Crippen LogP) is 2.87. The Morgan fingerprint density at radius 2 is 2.12 bits per heavy atom. The third-order valence-corrected chi connectivity index (χ3v) is 4.09. The number of pyridine rings is 1. The van der Waals surface area contributed by atoms with Crippen molar-refractivity contribution < 1.29 is 14.6 Å². The van der Waals surface area contributed by atoms with Crippen LogP contribution in [0.5, 0.6) is 17.4 Å². The lowest BCUT2D eigenvalue weighted by Crippen LogP contribution is -2.27. The highest BCUT2D eigenvalue weighted by Crippen LogP contribution is 2.35. The number of aromatic hydroxyl groups is 1. The molecule has 1 aliphatic rings. The van der Waals surface area contributed by atoms with Crippen LogP contribution in [0, 0.1) is 24.2 Å². The van der Waals surface area contributed by atoms with E-state index in [1.807, 2.05) is 19.9 Å². The van der Waals surface area contributed by atoms with Gasteiger partial charge in [0.25, 0.3) is 5.56 Å². The van der Waals surface area contributed by atoms with Crippen molar-refractivity contribution in [3.63, 3.8) is 0 Å². The second-order valence-electron chi connectivity index (χ2n) is 6.45. The minimum absolute atomic E-state index is 0.00980. The molecule has 0 aliphatic carbocycles. The van der Waals surface area contributed by atoms with Crippen LogP contribution >= 0.6 is 0 Å². The molecule has 0 atom stereocenters. The SMILES string of the molecule is Cc1c(C=Nc2ccc3c(c2)OCO3)c(O)n(CC(C)C)c(=O)c1C#N. The number of benzene rings is 1. The summed E-state index contributed by atoms with van der Waals surface area (Å²) in [4.78, 5) is 16.8. The van der Waals surface area contributed by atoms with E-state index in [0.717, 1.165) is 0 Å². The molecule has 0 unspecified atom stereocenters. The van der Waals surface area contributed by atoms with Gasteiger partial charge in [0.05, 0.1) is 11.3 Å². The monoisotopic (exact) mass is 353 g/mol. The Morgan fingerprint density at radius 3 is 2.81 bits per heavy atom. The largest absolute Gasteiger partial charge is 0.494 e. The molecule has 1 aromatic heterocycles. The van der Waals surface area contributed by atoms with Crippen LogP contribution in [0.2, 0.25) is 0 Å². The van der Waals surface area contributed by atoms with Gasteiger partial charge in [-0.1, -0.05) is 13.8 Å². The summed E-state index contributed by atoms with van der Waals surface area (Å²) in [5.41, 5.74) is 0.874. The highest BCUT2D eigenvalue weighted by Gasteiger charge is 2.19. The normalized spacial score (nSPS) is 12.7. The van der Waals surface area contributed by atoms with Gasteiger partial charge in [0.2, 0.25) is 12.7 Å². The van der Waals surface area contributed by atoms with Crippen molar-refractivity contribution in [3.05, 3.63) is 45.2 Å². The van der Waals surface area contributed by atoms with Crippen LogP contribution in [0.25, 0.3) is 0 Å². The van der Waals surface area contributed by atoms with E-state index in [-0.39, 0.29) is 24.2 Å². The fourth-order valence-electron chi connectivity index (χ4n) is 2.76. The molecule has 1 aromatic carbocycles. The standard InChI is InChI=1S/C19H19N3O4/c1-11(2)9-22-18(23)14(7-20)12(3)15(19(22)24)8-21-13-4-5-16-17(6-13)26-10-25-16/h4-6,8,11,24H,9-10H2,1-3H3. The first-order chi connectivity index (χ1) is 12.4. The first-order valence-electron chi connectivity index (χ1n) is 8.22. The van der Waals surface area contributed by atoms with Crippen LogP contribution in [-0.4, -0.2) is 22.7 Å². The third kappa shape index (κ3) is 3.14. The average molecular weight is 353 g/mol. The molecule has 2 heterocycles. The molecule has 0 saturated carbocycles. The summed E-state index contributed by atoms with van der Waals surface area (Å²) in [5, 5.41) is 19.9.